The zero-order chi connectivity index (χ0) is 12.8. The number of hydrogen-bond donors (Lipinski definition) is 1. The lowest BCUT2D eigenvalue weighted by Gasteiger charge is -2.15. The average molecular weight is 300 g/mol. The Morgan fingerprint density at radius 1 is 1.28 bits per heavy atom. The Hall–Kier alpha value is -0.760. The van der Waals surface area contributed by atoms with Gasteiger partial charge in [-0.2, -0.15) is 4.31 Å². The predicted octanol–water partition coefficient (Wildman–Crippen LogP) is 2.74. The zero-order valence-electron chi connectivity index (χ0n) is 9.55. The summed E-state index contributed by atoms with van der Waals surface area (Å²) in [7, 11) is -3.33. The lowest BCUT2D eigenvalue weighted by molar-refractivity contribution is 0.477. The van der Waals surface area contributed by atoms with Gasteiger partial charge in [-0.25, -0.2) is 8.42 Å². The van der Waals surface area contributed by atoms with Gasteiger partial charge >= 0.3 is 0 Å². The molecule has 0 amide bonds. The van der Waals surface area contributed by atoms with Crippen LogP contribution in [0.25, 0.3) is 10.2 Å². The molecule has 1 fully saturated rings. The molecule has 96 valence electrons. The second-order valence-corrected chi connectivity index (χ2v) is 7.94. The maximum absolute atomic E-state index is 12.4. The van der Waals surface area contributed by atoms with Crippen molar-refractivity contribution in [3.05, 3.63) is 22.2 Å². The first kappa shape index (κ1) is 12.3. The fraction of sp³-hybridized carbons (Fsp3) is 0.364. The Bertz CT molecular complexity index is 739. The van der Waals surface area contributed by atoms with Gasteiger partial charge in [0.15, 0.2) is 3.95 Å². The Morgan fingerprint density at radius 3 is 2.72 bits per heavy atom. The van der Waals surface area contributed by atoms with E-state index in [2.05, 4.69) is 4.98 Å². The van der Waals surface area contributed by atoms with Crippen LogP contribution in [0.1, 0.15) is 12.8 Å². The zero-order valence-corrected chi connectivity index (χ0v) is 12.0. The number of rotatable bonds is 2. The highest BCUT2D eigenvalue weighted by molar-refractivity contribution is 7.89. The van der Waals surface area contributed by atoms with Crippen LogP contribution in [-0.4, -0.2) is 30.8 Å². The molecule has 18 heavy (non-hydrogen) atoms. The Labute approximate surface area is 114 Å². The summed E-state index contributed by atoms with van der Waals surface area (Å²) in [6, 6.07) is 5.14. The van der Waals surface area contributed by atoms with Crippen LogP contribution in [0.15, 0.2) is 23.1 Å². The van der Waals surface area contributed by atoms with Crippen LogP contribution in [0.5, 0.6) is 0 Å². The number of aromatic amines is 1. The molecule has 4 nitrogen and oxygen atoms in total. The number of H-pyrrole nitrogens is 1. The molecular formula is C11H12N2O2S3. The van der Waals surface area contributed by atoms with Gasteiger partial charge in [-0.05, 0) is 43.3 Å². The molecule has 0 saturated carbocycles. The molecule has 7 heteroatoms. The fourth-order valence-electron chi connectivity index (χ4n) is 2.16. The Kier molecular flexibility index (Phi) is 3.01. The topological polar surface area (TPSA) is 53.2 Å². The number of hydrogen-bond acceptors (Lipinski definition) is 4. The van der Waals surface area contributed by atoms with Gasteiger partial charge in [-0.3, -0.25) is 0 Å². The van der Waals surface area contributed by atoms with Crippen LogP contribution < -0.4 is 0 Å². The van der Waals surface area contributed by atoms with Crippen molar-refractivity contribution in [2.75, 3.05) is 13.1 Å². The summed E-state index contributed by atoms with van der Waals surface area (Å²) in [5.74, 6) is 0. The van der Waals surface area contributed by atoms with Gasteiger partial charge in [0.25, 0.3) is 0 Å². The van der Waals surface area contributed by atoms with Crippen LogP contribution in [0.4, 0.5) is 0 Å². The SMILES string of the molecule is O=S(=O)(c1ccc2[nH]c(=S)sc2c1)N1CCCC1. The minimum Gasteiger partial charge on any atom is -0.337 e. The van der Waals surface area contributed by atoms with E-state index < -0.39 is 10.0 Å². The lowest BCUT2D eigenvalue weighted by atomic mass is 10.3. The van der Waals surface area contributed by atoms with E-state index in [1.165, 1.54) is 11.3 Å². The van der Waals surface area contributed by atoms with Crippen LogP contribution in [0.2, 0.25) is 0 Å². The molecule has 1 N–H and O–H groups in total. The number of aromatic nitrogens is 1. The maximum Gasteiger partial charge on any atom is 0.243 e. The van der Waals surface area contributed by atoms with Crippen LogP contribution >= 0.6 is 23.6 Å². The number of benzene rings is 1. The molecular weight excluding hydrogens is 288 g/mol. The summed E-state index contributed by atoms with van der Waals surface area (Å²) in [6.45, 7) is 1.26. The van der Waals surface area contributed by atoms with Crippen LogP contribution in [-0.2, 0) is 10.0 Å². The second kappa shape index (κ2) is 4.41. The summed E-state index contributed by atoms with van der Waals surface area (Å²) in [5.41, 5.74) is 0.894. The van der Waals surface area contributed by atoms with Crippen molar-refractivity contribution in [2.24, 2.45) is 0 Å². The molecule has 1 aromatic heterocycles. The van der Waals surface area contributed by atoms with Gasteiger partial charge in [0.1, 0.15) is 0 Å². The van der Waals surface area contributed by atoms with Crippen molar-refractivity contribution in [1.29, 1.82) is 0 Å². The fourth-order valence-corrected chi connectivity index (χ4v) is 4.94. The molecule has 2 heterocycles. The van der Waals surface area contributed by atoms with E-state index in [0.717, 1.165) is 23.1 Å². The molecule has 2 aromatic rings. The van der Waals surface area contributed by atoms with Gasteiger partial charge in [-0.15, -0.1) is 11.3 Å². The number of nitrogens with one attached hydrogen (secondary N) is 1. The highest BCUT2D eigenvalue weighted by Gasteiger charge is 2.27. The van der Waals surface area contributed by atoms with E-state index in [0.29, 0.717) is 21.9 Å². The minimum absolute atomic E-state index is 0.363. The molecule has 0 aliphatic carbocycles. The predicted molar refractivity (Wildman–Crippen MR) is 75.0 cm³/mol. The molecule has 0 spiro atoms. The standard InChI is InChI=1S/C11H12N2O2S3/c14-18(15,13-5-1-2-6-13)8-3-4-9-10(7-8)17-11(16)12-9/h3-4,7H,1-2,5-6H2,(H,12,16). The monoisotopic (exact) mass is 300 g/mol. The highest BCUT2D eigenvalue weighted by atomic mass is 32.2. The molecule has 1 saturated heterocycles. The van der Waals surface area contributed by atoms with Gasteiger partial charge in [0, 0.05) is 13.1 Å². The second-order valence-electron chi connectivity index (χ2n) is 4.28. The van der Waals surface area contributed by atoms with E-state index in [1.54, 1.807) is 22.5 Å². The van der Waals surface area contributed by atoms with E-state index in [9.17, 15) is 8.42 Å². The summed E-state index contributed by atoms with van der Waals surface area (Å²) in [4.78, 5) is 3.39. The third-order valence-electron chi connectivity index (χ3n) is 3.10. The van der Waals surface area contributed by atoms with Gasteiger partial charge in [0.2, 0.25) is 10.0 Å². The lowest BCUT2D eigenvalue weighted by Crippen LogP contribution is -2.27. The van der Waals surface area contributed by atoms with E-state index in [-0.39, 0.29) is 0 Å². The average Bonchev–Trinajstić information content (AvgIpc) is 2.95. The highest BCUT2D eigenvalue weighted by Crippen LogP contribution is 2.26. The summed E-state index contributed by atoms with van der Waals surface area (Å²) in [5, 5.41) is 0. The minimum atomic E-state index is -3.33. The number of fused-ring (bicyclic) bond motifs is 1. The molecule has 0 bridgehead atoms. The summed E-state index contributed by atoms with van der Waals surface area (Å²) in [6.07, 6.45) is 1.90. The maximum atomic E-state index is 12.4. The molecule has 1 aromatic carbocycles. The van der Waals surface area contributed by atoms with E-state index >= 15 is 0 Å². The summed E-state index contributed by atoms with van der Waals surface area (Å²) >= 11 is 6.46. The van der Waals surface area contributed by atoms with Gasteiger partial charge in [-0.1, -0.05) is 0 Å². The third kappa shape index (κ3) is 2.01. The molecule has 0 unspecified atom stereocenters. The first-order chi connectivity index (χ1) is 8.57. The molecule has 0 atom stereocenters. The van der Waals surface area contributed by atoms with Crippen LogP contribution in [0.3, 0.4) is 0 Å². The quantitative estimate of drug-likeness (QED) is 0.868. The van der Waals surface area contributed by atoms with Crippen LogP contribution in [0, 0.1) is 3.95 Å². The van der Waals surface area contributed by atoms with E-state index in [1.807, 2.05) is 0 Å². The first-order valence-corrected chi connectivity index (χ1v) is 8.37. The first-order valence-electron chi connectivity index (χ1n) is 5.70. The molecule has 0 radical (unpaired) electrons. The molecule has 1 aliphatic heterocycles. The largest absolute Gasteiger partial charge is 0.337 e. The Morgan fingerprint density at radius 2 is 2.00 bits per heavy atom. The van der Waals surface area contributed by atoms with Gasteiger partial charge in [0.05, 0.1) is 15.1 Å². The van der Waals surface area contributed by atoms with E-state index in [4.69, 9.17) is 12.2 Å². The number of thiazole rings is 1. The van der Waals surface area contributed by atoms with Crippen molar-refractivity contribution in [1.82, 2.24) is 9.29 Å². The molecule has 1 aliphatic rings. The van der Waals surface area contributed by atoms with Crippen molar-refractivity contribution < 1.29 is 8.42 Å². The third-order valence-corrected chi connectivity index (χ3v) is 6.19. The van der Waals surface area contributed by atoms with Crippen molar-refractivity contribution in [3.8, 4) is 0 Å². The summed E-state index contributed by atoms with van der Waals surface area (Å²) < 4.78 is 27.9. The normalized spacial score (nSPS) is 17.6. The molecule has 3 rings (SSSR count). The van der Waals surface area contributed by atoms with Crippen molar-refractivity contribution in [3.63, 3.8) is 0 Å². The van der Waals surface area contributed by atoms with Crippen molar-refractivity contribution >= 4 is 43.8 Å². The smallest absolute Gasteiger partial charge is 0.243 e. The van der Waals surface area contributed by atoms with Crippen molar-refractivity contribution in [2.45, 2.75) is 17.7 Å². The van der Waals surface area contributed by atoms with Gasteiger partial charge < -0.3 is 4.98 Å². The number of nitrogens with zero attached hydrogens (tertiary/aromatic N) is 1. The Balaban J connectivity index is 2.10. The number of sulfonamides is 1.